The molecule has 0 aromatic rings. The molecule has 66 valence electrons. The SMILES string of the molecule is O=CC1(C(=O)C2CCC2)CCC1. The van der Waals surface area contributed by atoms with E-state index in [4.69, 9.17) is 0 Å². The van der Waals surface area contributed by atoms with Gasteiger partial charge in [-0.15, -0.1) is 0 Å². The van der Waals surface area contributed by atoms with Crippen LogP contribution in [0.25, 0.3) is 0 Å². The number of carbonyl (C=O) groups excluding carboxylic acids is 2. The van der Waals surface area contributed by atoms with Crippen molar-refractivity contribution in [1.29, 1.82) is 0 Å². The molecule has 0 unspecified atom stereocenters. The summed E-state index contributed by atoms with van der Waals surface area (Å²) in [6, 6.07) is 0. The third-order valence-corrected chi connectivity index (χ3v) is 3.44. The van der Waals surface area contributed by atoms with Crippen LogP contribution in [0, 0.1) is 11.3 Å². The highest BCUT2D eigenvalue weighted by Gasteiger charge is 2.47. The average Bonchev–Trinajstić information content (AvgIpc) is 1.81. The molecule has 12 heavy (non-hydrogen) atoms. The molecule has 2 saturated carbocycles. The van der Waals surface area contributed by atoms with Crippen molar-refractivity contribution in [2.75, 3.05) is 0 Å². The predicted octanol–water partition coefficient (Wildman–Crippen LogP) is 1.72. The van der Waals surface area contributed by atoms with Crippen LogP contribution in [0.15, 0.2) is 0 Å². The lowest BCUT2D eigenvalue weighted by atomic mass is 9.61. The standard InChI is InChI=1S/C10H14O2/c11-7-10(5-2-6-10)9(12)8-3-1-4-8/h7-8H,1-6H2. The monoisotopic (exact) mass is 166 g/mol. The molecule has 2 nitrogen and oxygen atoms in total. The zero-order chi connectivity index (χ0) is 8.60. The molecule has 0 heterocycles. The van der Waals surface area contributed by atoms with E-state index < -0.39 is 5.41 Å². The summed E-state index contributed by atoms with van der Waals surface area (Å²) < 4.78 is 0. The number of hydrogen-bond acceptors (Lipinski definition) is 2. The summed E-state index contributed by atoms with van der Waals surface area (Å²) in [5, 5.41) is 0. The van der Waals surface area contributed by atoms with E-state index in [2.05, 4.69) is 0 Å². The highest BCUT2D eigenvalue weighted by molar-refractivity contribution is 6.00. The van der Waals surface area contributed by atoms with Crippen molar-refractivity contribution < 1.29 is 9.59 Å². The molecule has 0 aliphatic heterocycles. The van der Waals surface area contributed by atoms with Crippen molar-refractivity contribution >= 4 is 12.1 Å². The van der Waals surface area contributed by atoms with E-state index in [-0.39, 0.29) is 11.7 Å². The third kappa shape index (κ3) is 0.936. The number of hydrogen-bond donors (Lipinski definition) is 0. The molecule has 0 atom stereocenters. The second-order valence-corrected chi connectivity index (χ2v) is 4.12. The summed E-state index contributed by atoms with van der Waals surface area (Å²) in [7, 11) is 0. The smallest absolute Gasteiger partial charge is 0.149 e. The number of ketones is 1. The number of Topliss-reactive ketones (excluding diaryl/α,β-unsaturated/α-hetero) is 1. The van der Waals surface area contributed by atoms with Crippen molar-refractivity contribution in [2.45, 2.75) is 38.5 Å². The molecule has 0 radical (unpaired) electrons. The first-order valence-electron chi connectivity index (χ1n) is 4.79. The van der Waals surface area contributed by atoms with Gasteiger partial charge in [0, 0.05) is 5.92 Å². The molecule has 2 aliphatic carbocycles. The third-order valence-electron chi connectivity index (χ3n) is 3.44. The number of aldehydes is 1. The minimum atomic E-state index is -0.523. The molecule has 0 N–H and O–H groups in total. The van der Waals surface area contributed by atoms with E-state index >= 15 is 0 Å². The maximum Gasteiger partial charge on any atom is 0.149 e. The molecule has 2 aliphatic rings. The molecule has 0 bridgehead atoms. The van der Waals surface area contributed by atoms with E-state index in [1.54, 1.807) is 0 Å². The molecule has 2 rings (SSSR count). The van der Waals surface area contributed by atoms with Crippen LogP contribution in [-0.2, 0) is 9.59 Å². The van der Waals surface area contributed by atoms with Gasteiger partial charge in [0.15, 0.2) is 0 Å². The van der Waals surface area contributed by atoms with E-state index in [1.807, 2.05) is 0 Å². The maximum atomic E-state index is 11.7. The van der Waals surface area contributed by atoms with Crippen LogP contribution in [0.5, 0.6) is 0 Å². The van der Waals surface area contributed by atoms with Gasteiger partial charge in [-0.1, -0.05) is 12.8 Å². The lowest BCUT2D eigenvalue weighted by Gasteiger charge is -2.40. The summed E-state index contributed by atoms with van der Waals surface area (Å²) in [6.45, 7) is 0. The lowest BCUT2D eigenvalue weighted by Crippen LogP contribution is -2.44. The summed E-state index contributed by atoms with van der Waals surface area (Å²) in [6.07, 6.45) is 6.79. The summed E-state index contributed by atoms with van der Waals surface area (Å²) >= 11 is 0. The molecular formula is C10H14O2. The first kappa shape index (κ1) is 7.96. The van der Waals surface area contributed by atoms with Crippen LogP contribution in [0.1, 0.15) is 38.5 Å². The Balaban J connectivity index is 2.05. The topological polar surface area (TPSA) is 34.1 Å². The van der Waals surface area contributed by atoms with E-state index in [1.165, 1.54) is 6.42 Å². The highest BCUT2D eigenvalue weighted by Crippen LogP contribution is 2.45. The van der Waals surface area contributed by atoms with Crippen molar-refractivity contribution in [1.82, 2.24) is 0 Å². The second kappa shape index (κ2) is 2.68. The minimum absolute atomic E-state index is 0.232. The Morgan fingerprint density at radius 1 is 1.25 bits per heavy atom. The predicted molar refractivity (Wildman–Crippen MR) is 44.7 cm³/mol. The van der Waals surface area contributed by atoms with Crippen LogP contribution in [0.3, 0.4) is 0 Å². The fourth-order valence-corrected chi connectivity index (χ4v) is 2.06. The summed E-state index contributed by atoms with van der Waals surface area (Å²) in [4.78, 5) is 22.5. The van der Waals surface area contributed by atoms with Gasteiger partial charge in [0.05, 0.1) is 5.41 Å². The number of carbonyl (C=O) groups is 2. The zero-order valence-corrected chi connectivity index (χ0v) is 7.21. The van der Waals surface area contributed by atoms with Crippen LogP contribution < -0.4 is 0 Å². The molecule has 0 amide bonds. The first-order valence-corrected chi connectivity index (χ1v) is 4.79. The molecule has 0 spiro atoms. The molecule has 0 saturated heterocycles. The van der Waals surface area contributed by atoms with Crippen LogP contribution in [0.2, 0.25) is 0 Å². The fourth-order valence-electron chi connectivity index (χ4n) is 2.06. The van der Waals surface area contributed by atoms with Gasteiger partial charge in [-0.05, 0) is 25.7 Å². The van der Waals surface area contributed by atoms with Crippen molar-refractivity contribution in [3.05, 3.63) is 0 Å². The van der Waals surface area contributed by atoms with Gasteiger partial charge in [-0.25, -0.2) is 0 Å². The zero-order valence-electron chi connectivity index (χ0n) is 7.21. The molecule has 0 aromatic heterocycles. The van der Waals surface area contributed by atoms with Crippen LogP contribution >= 0.6 is 0 Å². The number of rotatable bonds is 3. The fraction of sp³-hybridized carbons (Fsp3) is 0.800. The Kier molecular flexibility index (Phi) is 1.78. The normalized spacial score (nSPS) is 27.0. The van der Waals surface area contributed by atoms with E-state index in [9.17, 15) is 9.59 Å². The Bertz CT molecular complexity index is 212. The minimum Gasteiger partial charge on any atom is -0.302 e. The Labute approximate surface area is 72.3 Å². The average molecular weight is 166 g/mol. The first-order chi connectivity index (χ1) is 5.78. The summed E-state index contributed by atoms with van der Waals surface area (Å²) in [5.41, 5.74) is -0.523. The van der Waals surface area contributed by atoms with Crippen molar-refractivity contribution in [2.24, 2.45) is 11.3 Å². The van der Waals surface area contributed by atoms with Gasteiger partial charge >= 0.3 is 0 Å². The van der Waals surface area contributed by atoms with Crippen LogP contribution in [0.4, 0.5) is 0 Å². The Morgan fingerprint density at radius 3 is 2.17 bits per heavy atom. The van der Waals surface area contributed by atoms with Gasteiger partial charge in [0.1, 0.15) is 12.1 Å². The van der Waals surface area contributed by atoms with Gasteiger partial charge in [0.2, 0.25) is 0 Å². The van der Waals surface area contributed by atoms with Crippen molar-refractivity contribution in [3.8, 4) is 0 Å². The van der Waals surface area contributed by atoms with Crippen molar-refractivity contribution in [3.63, 3.8) is 0 Å². The molecule has 2 fully saturated rings. The largest absolute Gasteiger partial charge is 0.302 e. The van der Waals surface area contributed by atoms with Gasteiger partial charge < -0.3 is 4.79 Å². The summed E-state index contributed by atoms with van der Waals surface area (Å²) in [5.74, 6) is 0.477. The van der Waals surface area contributed by atoms with E-state index in [0.717, 1.165) is 38.4 Å². The molecule has 0 aromatic carbocycles. The van der Waals surface area contributed by atoms with Gasteiger partial charge in [-0.3, -0.25) is 4.79 Å². The quantitative estimate of drug-likeness (QED) is 0.472. The van der Waals surface area contributed by atoms with Crippen LogP contribution in [-0.4, -0.2) is 12.1 Å². The maximum absolute atomic E-state index is 11.7. The lowest BCUT2D eigenvalue weighted by molar-refractivity contribution is -0.145. The van der Waals surface area contributed by atoms with E-state index in [0.29, 0.717) is 0 Å². The molecular weight excluding hydrogens is 152 g/mol. The highest BCUT2D eigenvalue weighted by atomic mass is 16.1. The van der Waals surface area contributed by atoms with Gasteiger partial charge in [0.25, 0.3) is 0 Å². The second-order valence-electron chi connectivity index (χ2n) is 4.12. The Morgan fingerprint density at radius 2 is 1.92 bits per heavy atom. The van der Waals surface area contributed by atoms with Gasteiger partial charge in [-0.2, -0.15) is 0 Å². The Hall–Kier alpha value is -0.660. The molecule has 2 heteroatoms.